The van der Waals surface area contributed by atoms with E-state index in [2.05, 4.69) is 10.6 Å². The molecule has 0 fully saturated rings. The van der Waals surface area contributed by atoms with Gasteiger partial charge in [0.15, 0.2) is 0 Å². The van der Waals surface area contributed by atoms with Crippen molar-refractivity contribution in [2.24, 2.45) is 0 Å². The number of nitro groups is 1. The Morgan fingerprint density at radius 1 is 0.875 bits per heavy atom. The van der Waals surface area contributed by atoms with Crippen LogP contribution < -0.4 is 10.6 Å². The number of hydrogen-bond acceptors (Lipinski definition) is 6. The van der Waals surface area contributed by atoms with Crippen molar-refractivity contribution in [3.8, 4) is 0 Å². The molecule has 2 N–H and O–H groups in total. The smallest absolute Gasteiger partial charge is 0.269 e. The first-order valence-electron chi connectivity index (χ1n) is 9.41. The molecule has 3 rings (SSSR count). The van der Waals surface area contributed by atoms with Crippen LogP contribution in [-0.4, -0.2) is 25.2 Å². The third-order valence-electron chi connectivity index (χ3n) is 4.54. The highest BCUT2D eigenvalue weighted by molar-refractivity contribution is 7.91. The number of nitro benzene ring substituents is 1. The van der Waals surface area contributed by atoms with E-state index in [1.54, 1.807) is 24.3 Å². The van der Waals surface area contributed by atoms with Gasteiger partial charge in [-0.3, -0.25) is 19.7 Å². The molecule has 164 valence electrons. The van der Waals surface area contributed by atoms with Crippen molar-refractivity contribution >= 4 is 33.0 Å². The first-order valence-corrected chi connectivity index (χ1v) is 10.9. The molecule has 0 spiro atoms. The SMILES string of the molecule is CC(=O)NCc1ccc(C(=O)Nc2ccc(S(=O)(=O)c3ccc([N+](=O)[O-])cc3)cc2)cc1. The van der Waals surface area contributed by atoms with Crippen LogP contribution in [-0.2, 0) is 21.2 Å². The molecule has 0 heterocycles. The summed E-state index contributed by atoms with van der Waals surface area (Å²) in [5.41, 5.74) is 1.45. The Balaban J connectivity index is 1.69. The Morgan fingerprint density at radius 2 is 1.41 bits per heavy atom. The zero-order valence-corrected chi connectivity index (χ0v) is 17.8. The highest BCUT2D eigenvalue weighted by Crippen LogP contribution is 2.24. The molecular weight excluding hydrogens is 434 g/mol. The number of benzene rings is 3. The van der Waals surface area contributed by atoms with E-state index in [1.165, 1.54) is 43.3 Å². The number of sulfone groups is 1. The van der Waals surface area contributed by atoms with Gasteiger partial charge in [0.1, 0.15) is 0 Å². The van der Waals surface area contributed by atoms with Crippen LogP contribution in [0.4, 0.5) is 11.4 Å². The van der Waals surface area contributed by atoms with Crippen molar-refractivity contribution < 1.29 is 22.9 Å². The van der Waals surface area contributed by atoms with Gasteiger partial charge in [-0.15, -0.1) is 0 Å². The third kappa shape index (κ3) is 5.35. The van der Waals surface area contributed by atoms with Crippen molar-refractivity contribution in [3.63, 3.8) is 0 Å². The standard InChI is InChI=1S/C22H19N3O6S/c1-15(26)23-14-16-2-4-17(5-3-16)22(27)24-18-6-10-20(11-7-18)32(30,31)21-12-8-19(9-13-21)25(28)29/h2-13H,14H2,1H3,(H,23,26)(H,24,27). The Bertz CT molecular complexity index is 1250. The fraction of sp³-hybridized carbons (Fsp3) is 0.0909. The summed E-state index contributed by atoms with van der Waals surface area (Å²) in [4.78, 5) is 33.4. The molecule has 0 aliphatic heterocycles. The molecule has 3 aromatic rings. The maximum absolute atomic E-state index is 12.7. The molecule has 0 saturated heterocycles. The number of anilines is 1. The Morgan fingerprint density at radius 3 is 1.91 bits per heavy atom. The van der Waals surface area contributed by atoms with Crippen molar-refractivity contribution in [1.29, 1.82) is 0 Å². The number of amides is 2. The fourth-order valence-corrected chi connectivity index (χ4v) is 4.07. The summed E-state index contributed by atoms with van der Waals surface area (Å²) in [6.07, 6.45) is 0. The molecule has 0 aromatic heterocycles. The maximum atomic E-state index is 12.7. The lowest BCUT2D eigenvalue weighted by Gasteiger charge is -2.09. The van der Waals surface area contributed by atoms with Gasteiger partial charge >= 0.3 is 0 Å². The quantitative estimate of drug-likeness (QED) is 0.416. The van der Waals surface area contributed by atoms with Crippen LogP contribution in [0, 0.1) is 10.1 Å². The Hall–Kier alpha value is -4.05. The topological polar surface area (TPSA) is 135 Å². The molecule has 3 aromatic carbocycles. The van der Waals surface area contributed by atoms with Gasteiger partial charge in [0.05, 0.1) is 14.7 Å². The van der Waals surface area contributed by atoms with Gasteiger partial charge < -0.3 is 10.6 Å². The molecule has 0 saturated carbocycles. The largest absolute Gasteiger partial charge is 0.352 e. The van der Waals surface area contributed by atoms with Crippen LogP contribution >= 0.6 is 0 Å². The number of carbonyl (C=O) groups is 2. The van der Waals surface area contributed by atoms with Crippen molar-refractivity contribution in [2.75, 3.05) is 5.32 Å². The predicted octanol–water partition coefficient (Wildman–Crippen LogP) is 3.32. The summed E-state index contributed by atoms with van der Waals surface area (Å²) in [7, 11) is -3.86. The van der Waals surface area contributed by atoms with Gasteiger partial charge in [-0.1, -0.05) is 12.1 Å². The van der Waals surface area contributed by atoms with E-state index in [9.17, 15) is 28.1 Å². The summed E-state index contributed by atoms with van der Waals surface area (Å²) in [6, 6.07) is 16.9. The summed E-state index contributed by atoms with van der Waals surface area (Å²) >= 11 is 0. The minimum Gasteiger partial charge on any atom is -0.352 e. The summed E-state index contributed by atoms with van der Waals surface area (Å²) in [5, 5.41) is 16.1. The Kier molecular flexibility index (Phi) is 6.64. The normalized spacial score (nSPS) is 10.9. The van der Waals surface area contributed by atoms with Crippen LogP contribution in [0.5, 0.6) is 0 Å². The van der Waals surface area contributed by atoms with E-state index in [4.69, 9.17) is 0 Å². The number of rotatable bonds is 7. The molecule has 2 amide bonds. The second-order valence-electron chi connectivity index (χ2n) is 6.84. The van der Waals surface area contributed by atoms with Crippen LogP contribution in [0.1, 0.15) is 22.8 Å². The summed E-state index contributed by atoms with van der Waals surface area (Å²) in [6.45, 7) is 1.78. The molecule has 0 aliphatic carbocycles. The van der Waals surface area contributed by atoms with E-state index in [-0.39, 0.29) is 27.3 Å². The highest BCUT2D eigenvalue weighted by Gasteiger charge is 2.19. The number of hydrogen-bond donors (Lipinski definition) is 2. The second kappa shape index (κ2) is 9.40. The summed E-state index contributed by atoms with van der Waals surface area (Å²) < 4.78 is 25.4. The monoisotopic (exact) mass is 453 g/mol. The highest BCUT2D eigenvalue weighted by atomic mass is 32.2. The maximum Gasteiger partial charge on any atom is 0.269 e. The molecular formula is C22H19N3O6S. The fourth-order valence-electron chi connectivity index (χ4n) is 2.80. The first kappa shape index (κ1) is 22.6. The molecule has 0 radical (unpaired) electrons. The van der Waals surface area contributed by atoms with Crippen LogP contribution in [0.25, 0.3) is 0 Å². The second-order valence-corrected chi connectivity index (χ2v) is 8.79. The summed E-state index contributed by atoms with van der Waals surface area (Å²) in [5.74, 6) is -0.520. The van der Waals surface area contributed by atoms with E-state index in [1.807, 2.05) is 0 Å². The average Bonchev–Trinajstić information content (AvgIpc) is 2.78. The van der Waals surface area contributed by atoms with Gasteiger partial charge in [0, 0.05) is 36.9 Å². The van der Waals surface area contributed by atoms with Gasteiger partial charge in [-0.2, -0.15) is 0 Å². The lowest BCUT2D eigenvalue weighted by Crippen LogP contribution is -2.19. The van der Waals surface area contributed by atoms with E-state index >= 15 is 0 Å². The minimum atomic E-state index is -3.86. The van der Waals surface area contributed by atoms with E-state index in [0.717, 1.165) is 17.7 Å². The van der Waals surface area contributed by atoms with E-state index in [0.29, 0.717) is 17.8 Å². The lowest BCUT2D eigenvalue weighted by atomic mass is 10.1. The van der Waals surface area contributed by atoms with Gasteiger partial charge in [-0.25, -0.2) is 8.42 Å². The molecule has 0 bridgehead atoms. The van der Waals surface area contributed by atoms with Gasteiger partial charge in [-0.05, 0) is 54.1 Å². The van der Waals surface area contributed by atoms with Gasteiger partial charge in [0.2, 0.25) is 15.7 Å². The molecule has 32 heavy (non-hydrogen) atoms. The van der Waals surface area contributed by atoms with Gasteiger partial charge in [0.25, 0.3) is 11.6 Å². The lowest BCUT2D eigenvalue weighted by molar-refractivity contribution is -0.384. The molecule has 0 unspecified atom stereocenters. The van der Waals surface area contributed by atoms with Crippen LogP contribution in [0.2, 0.25) is 0 Å². The zero-order chi connectivity index (χ0) is 23.3. The average molecular weight is 453 g/mol. The van der Waals surface area contributed by atoms with E-state index < -0.39 is 14.8 Å². The van der Waals surface area contributed by atoms with Crippen molar-refractivity contribution in [3.05, 3.63) is 94.0 Å². The van der Waals surface area contributed by atoms with Crippen LogP contribution in [0.15, 0.2) is 82.6 Å². The first-order chi connectivity index (χ1) is 15.2. The predicted molar refractivity (Wildman–Crippen MR) is 117 cm³/mol. The van der Waals surface area contributed by atoms with Crippen molar-refractivity contribution in [2.45, 2.75) is 23.3 Å². The number of nitrogens with one attached hydrogen (secondary N) is 2. The molecule has 10 heteroatoms. The van der Waals surface area contributed by atoms with Crippen molar-refractivity contribution in [1.82, 2.24) is 5.32 Å². The molecule has 0 atom stereocenters. The van der Waals surface area contributed by atoms with Crippen LogP contribution in [0.3, 0.4) is 0 Å². The molecule has 0 aliphatic rings. The number of non-ortho nitro benzene ring substituents is 1. The minimum absolute atomic E-state index is 0.00771. The molecule has 9 nitrogen and oxygen atoms in total. The Labute approximate surface area is 184 Å². The number of nitrogens with zero attached hydrogens (tertiary/aromatic N) is 1. The zero-order valence-electron chi connectivity index (χ0n) is 16.9. The third-order valence-corrected chi connectivity index (χ3v) is 6.32. The number of carbonyl (C=O) groups excluding carboxylic acids is 2.